The molecule has 122 heavy (non-hydrogen) atoms. The second-order valence-corrected chi connectivity index (χ2v) is 35.2. The van der Waals surface area contributed by atoms with Crippen LogP contribution in [0.1, 0.15) is 0 Å². The molecule has 1 amide bonds. The number of nitrogens with zero attached hydrogens (tertiary/aromatic N) is 12. The molecule has 625 valence electrons. The van der Waals surface area contributed by atoms with Gasteiger partial charge in [-0.2, -0.15) is 8.42 Å². The van der Waals surface area contributed by atoms with E-state index in [1.54, 1.807) is 97.1 Å². The molecule has 0 spiro atoms. The quantitative estimate of drug-likeness (QED) is 0.0391. The summed E-state index contributed by atoms with van der Waals surface area (Å²) in [5.74, 6) is 0.410. The number of nitrogens with one attached hydrogen (secondary N) is 6. The van der Waals surface area contributed by atoms with Crippen molar-refractivity contribution >= 4 is 177 Å². The van der Waals surface area contributed by atoms with Gasteiger partial charge >= 0.3 is 51.2 Å². The zero-order chi connectivity index (χ0) is 84.1. The Kier molecular flexibility index (Phi) is 22.2. The number of carbonyl (C=O) groups excluding carboxylic acids is 1. The van der Waals surface area contributed by atoms with E-state index in [1.807, 2.05) is 48.5 Å². The van der Waals surface area contributed by atoms with Crippen LogP contribution in [0.25, 0.3) is 179 Å². The van der Waals surface area contributed by atoms with Gasteiger partial charge in [-0.15, -0.1) is 0 Å². The first-order valence-electron chi connectivity index (χ1n) is 33.7. The van der Waals surface area contributed by atoms with Crippen molar-refractivity contribution in [3.05, 3.63) is 176 Å². The zero-order valence-electron chi connectivity index (χ0n) is 60.0. The van der Waals surface area contributed by atoms with Gasteiger partial charge in [0.25, 0.3) is 10.1 Å². The van der Waals surface area contributed by atoms with Crippen molar-refractivity contribution in [3.63, 3.8) is 0 Å². The molecule has 0 unspecified atom stereocenters. The van der Waals surface area contributed by atoms with Gasteiger partial charge in [-0.05, 0) is 30.3 Å². The number of benzene rings is 9. The average Bonchev–Trinajstić information content (AvgIpc) is 1.50. The fourth-order valence-electron chi connectivity index (χ4n) is 13.9. The molecule has 0 atom stereocenters. The van der Waals surface area contributed by atoms with Crippen LogP contribution in [-0.2, 0) is 127 Å². The zero-order valence-corrected chi connectivity index (χ0v) is 68.5. The summed E-state index contributed by atoms with van der Waals surface area (Å²) in [7, 11) is -38.9. The van der Waals surface area contributed by atoms with Crippen LogP contribution < -0.4 is 10.6 Å². The third-order valence-electron chi connectivity index (χ3n) is 18.7. The maximum atomic E-state index is 12.9. The van der Waals surface area contributed by atoms with E-state index in [-0.39, 0.29) is 114 Å². The van der Waals surface area contributed by atoms with Crippen LogP contribution in [0.3, 0.4) is 0 Å². The van der Waals surface area contributed by atoms with Crippen LogP contribution in [0.5, 0.6) is 0 Å². The number of aromatic amines is 4. The van der Waals surface area contributed by atoms with Crippen LogP contribution in [0.4, 0.5) is 11.4 Å². The van der Waals surface area contributed by atoms with E-state index >= 15 is 0 Å². The van der Waals surface area contributed by atoms with E-state index in [4.69, 9.17) is 24.5 Å². The molecule has 0 saturated carbocycles. The van der Waals surface area contributed by atoms with Crippen molar-refractivity contribution in [2.24, 2.45) is 0 Å². The Morgan fingerprint density at radius 2 is 0.533 bits per heavy atom. The molecule has 4 aliphatic rings. The smallest absolute Gasteiger partial charge is 0.744 e. The summed E-state index contributed by atoms with van der Waals surface area (Å²) in [6, 6.07) is 46.7. The molecular formula is C72H40Cu3N18O22S7. The number of anilines is 2. The fraction of sp³-hybridized carbons (Fsp3) is 0.0139. The number of aromatic nitrogens is 16. The molecule has 6 aromatic heterocycles. The van der Waals surface area contributed by atoms with Gasteiger partial charge in [0.05, 0.1) is 35.1 Å². The van der Waals surface area contributed by atoms with Crippen LogP contribution in [0.2, 0.25) is 0 Å². The van der Waals surface area contributed by atoms with Crippen LogP contribution in [0, 0.1) is 0 Å². The van der Waals surface area contributed by atoms with Gasteiger partial charge in [0.1, 0.15) is 111 Å². The van der Waals surface area contributed by atoms with Gasteiger partial charge < -0.3 is 57.9 Å². The molecule has 0 aliphatic carbocycles. The third kappa shape index (κ3) is 15.5. The monoisotopic (exact) mass is 1920 g/mol. The summed E-state index contributed by atoms with van der Waals surface area (Å²) in [4.78, 5) is 66.1. The number of amides is 1. The van der Waals surface area contributed by atoms with Gasteiger partial charge in [0, 0.05) is 100 Å². The van der Waals surface area contributed by atoms with Crippen molar-refractivity contribution in [1.82, 2.24) is 79.7 Å². The summed E-state index contributed by atoms with van der Waals surface area (Å²) in [5.41, 5.74) is 3.78. The minimum Gasteiger partial charge on any atom is -0.744 e. The molecular weight excluding hydrogens is 1880 g/mol. The summed E-state index contributed by atoms with van der Waals surface area (Å²) in [6.07, 6.45) is 0.419. The Morgan fingerprint density at radius 3 is 0.762 bits per heavy atom. The maximum Gasteiger partial charge on any atom is 2.00 e. The molecule has 9 aromatic carbocycles. The van der Waals surface area contributed by atoms with Gasteiger partial charge in [0.15, 0.2) is 46.6 Å². The first-order chi connectivity index (χ1) is 56.3. The number of carbonyl (C=O) groups is 1. The van der Waals surface area contributed by atoms with E-state index in [0.29, 0.717) is 107 Å². The summed E-state index contributed by atoms with van der Waals surface area (Å²) in [6.45, 7) is 0. The number of hydrogen-bond donors (Lipinski definition) is 7. The SMILES string of the molecule is CNc1ccc(NC=O)cc1S(=O)(=O)O.O=S(=O)([O-])c1cc2c3nc4nc(nc5[nH]c(nc6nc(nc([nH]3)c2c(S(=O)(=O)[O-])c1S(=O)(=O)[O-])-c1ccccc1-6)c1ccccc51)-c1ccccc1-4.O=S(=O)([O-])c1cc2c3nc4nc(nc5[nH]c(nc6nc(nc([nH]3)c2c(S(=O)(=O)[O-])c1S(=O)(=O)[O-])-c1ccccc1-6)c1ccccc51)-c1ccccc1-4.[Cu+2].[Cu+2].[Cu+2]. The minimum atomic E-state index is -6.11. The number of H-pyrrole nitrogens is 4. The second kappa shape index (κ2) is 31.4. The molecule has 0 saturated heterocycles. The van der Waals surface area contributed by atoms with Crippen molar-refractivity contribution in [2.75, 3.05) is 17.7 Å². The topological polar surface area (TPSA) is 657 Å². The van der Waals surface area contributed by atoms with Crippen molar-refractivity contribution in [3.8, 4) is 91.1 Å². The molecule has 7 N–H and O–H groups in total. The number of fused-ring (bicyclic) bond motifs is 40. The second-order valence-electron chi connectivity index (χ2n) is 25.8. The van der Waals surface area contributed by atoms with Gasteiger partial charge in [-0.1, -0.05) is 146 Å². The van der Waals surface area contributed by atoms with Crippen LogP contribution in [0.15, 0.2) is 210 Å². The molecule has 4 aliphatic heterocycles. The number of hydrogen-bond acceptors (Lipinski definition) is 34. The molecule has 10 heterocycles. The minimum absolute atomic E-state index is 0. The summed E-state index contributed by atoms with van der Waals surface area (Å²) in [5, 5.41) is 4.94. The average molecular weight is 1920 g/mol. The molecule has 16 bridgehead atoms. The van der Waals surface area contributed by atoms with E-state index in [2.05, 4.69) is 70.4 Å². The molecule has 19 rings (SSSR count). The largest absolute Gasteiger partial charge is 2.00 e. The van der Waals surface area contributed by atoms with Gasteiger partial charge in [0.2, 0.25) is 6.41 Å². The molecule has 50 heteroatoms. The predicted octanol–water partition coefficient (Wildman–Crippen LogP) is 7.70. The molecule has 3 radical (unpaired) electrons. The Hall–Kier alpha value is -12.1. The summed E-state index contributed by atoms with van der Waals surface area (Å²) >= 11 is 0. The van der Waals surface area contributed by atoms with Crippen molar-refractivity contribution in [1.29, 1.82) is 0 Å². The van der Waals surface area contributed by atoms with Crippen LogP contribution >= 0.6 is 0 Å². The van der Waals surface area contributed by atoms with Gasteiger partial charge in [-0.3, -0.25) is 9.35 Å². The number of rotatable bonds is 10. The Balaban J connectivity index is 0.000000167. The normalized spacial score (nSPS) is 12.4. The standard InChI is InChI=1S/2C32H18N8O9S3.C8H10N2O4S.3Cu/c2*41-50(42,43)21-13-20-22(24(52(47,48)49)23(21)51(44,45)46)32-39-30-19-12-6-5-11-18(19)28(37-30)35-26-15-8-2-1-7-14(15)25(33-26)34-27-16-9-3-4-10-17(16)29(36-27)38-31(20)40-32;1-9-7-3-2-6(10-5-11)4-8(7)15(12,13)14;;;/h2*1-13H,(H,41,42,43)(H,44,45,46)(H,47,48,49)(H2,33,34,35,36,37,38,39,40);2-5,9H,1H3,(H,10,11)(H,12,13,14);;;/q;;;3*+2/p-6. The first-order valence-corrected chi connectivity index (χ1v) is 43.6. The predicted molar refractivity (Wildman–Crippen MR) is 415 cm³/mol. The Labute approximate surface area is 716 Å². The van der Waals surface area contributed by atoms with Crippen LogP contribution in [-0.4, -0.2) is 184 Å². The summed E-state index contributed by atoms with van der Waals surface area (Å²) < 4.78 is 257. The molecule has 40 nitrogen and oxygen atoms in total. The van der Waals surface area contributed by atoms with E-state index < -0.39 is 144 Å². The molecule has 0 fully saturated rings. The molecule has 15 aromatic rings. The fourth-order valence-corrected chi connectivity index (χ4v) is 21.2. The van der Waals surface area contributed by atoms with Crippen molar-refractivity contribution in [2.45, 2.75) is 34.3 Å². The van der Waals surface area contributed by atoms with E-state index in [1.165, 1.54) is 19.2 Å². The van der Waals surface area contributed by atoms with Gasteiger partial charge in [-0.25, -0.2) is 110 Å². The third-order valence-corrected chi connectivity index (χ3v) is 25.5. The van der Waals surface area contributed by atoms with Crippen molar-refractivity contribution < 1.29 is 147 Å². The maximum absolute atomic E-state index is 12.9. The van der Waals surface area contributed by atoms with E-state index in [9.17, 15) is 91.0 Å². The first kappa shape index (κ1) is 86.3. The Bertz CT molecular complexity index is 7940. The van der Waals surface area contributed by atoms with E-state index in [0.717, 1.165) is 6.07 Å². The Morgan fingerprint density at radius 1 is 0.295 bits per heavy atom.